The van der Waals surface area contributed by atoms with Crippen molar-refractivity contribution in [2.75, 3.05) is 12.1 Å². The standard InChI is InChI=1S/C19H22N2O2S/c1-3-13(2)15-5-7-16(8-6-15)21-19(24)20-11-14-4-9-17-18(10-14)23-12-22-17/h4-10,13H,3,11-12H2,1-2H3,(H2,20,21,24). The number of thiocarbonyl (C=S) groups is 1. The predicted molar refractivity (Wildman–Crippen MR) is 101 cm³/mol. The SMILES string of the molecule is CCC(C)c1ccc(NC(=S)NCc2ccc3c(c2)OCO3)cc1. The van der Waals surface area contributed by atoms with Gasteiger partial charge < -0.3 is 20.1 Å². The molecule has 0 fully saturated rings. The third-order valence-corrected chi connectivity index (χ3v) is 4.49. The third kappa shape index (κ3) is 3.97. The van der Waals surface area contributed by atoms with Gasteiger partial charge in [0.15, 0.2) is 16.6 Å². The summed E-state index contributed by atoms with van der Waals surface area (Å²) in [5.74, 6) is 2.16. The van der Waals surface area contributed by atoms with Crippen molar-refractivity contribution in [3.05, 3.63) is 53.6 Å². The molecule has 0 radical (unpaired) electrons. The van der Waals surface area contributed by atoms with Gasteiger partial charge in [0.2, 0.25) is 6.79 Å². The van der Waals surface area contributed by atoms with Crippen molar-refractivity contribution in [1.29, 1.82) is 0 Å². The van der Waals surface area contributed by atoms with Gasteiger partial charge in [-0.3, -0.25) is 0 Å². The van der Waals surface area contributed by atoms with Crippen LogP contribution in [0.15, 0.2) is 42.5 Å². The Labute approximate surface area is 148 Å². The summed E-state index contributed by atoms with van der Waals surface area (Å²) in [7, 11) is 0. The summed E-state index contributed by atoms with van der Waals surface area (Å²) in [5, 5.41) is 7.03. The van der Waals surface area contributed by atoms with E-state index in [1.165, 1.54) is 5.56 Å². The number of benzene rings is 2. The number of anilines is 1. The zero-order valence-electron chi connectivity index (χ0n) is 14.0. The van der Waals surface area contributed by atoms with Crippen molar-refractivity contribution in [3.8, 4) is 11.5 Å². The molecule has 0 saturated heterocycles. The second kappa shape index (κ2) is 7.53. The van der Waals surface area contributed by atoms with E-state index in [2.05, 4.69) is 48.7 Å². The third-order valence-electron chi connectivity index (χ3n) is 4.24. The molecule has 4 nitrogen and oxygen atoms in total. The highest BCUT2D eigenvalue weighted by Gasteiger charge is 2.13. The van der Waals surface area contributed by atoms with Crippen LogP contribution in [0.25, 0.3) is 0 Å². The van der Waals surface area contributed by atoms with E-state index >= 15 is 0 Å². The Bertz CT molecular complexity index is 716. The van der Waals surface area contributed by atoms with E-state index in [1.54, 1.807) is 0 Å². The summed E-state index contributed by atoms with van der Waals surface area (Å²) in [6, 6.07) is 14.3. The first-order valence-electron chi connectivity index (χ1n) is 8.19. The highest BCUT2D eigenvalue weighted by molar-refractivity contribution is 7.80. The molecule has 3 rings (SSSR count). The average molecular weight is 342 g/mol. The first kappa shape index (κ1) is 16.6. The second-order valence-corrected chi connectivity index (χ2v) is 6.33. The molecule has 0 aromatic heterocycles. The fourth-order valence-electron chi connectivity index (χ4n) is 2.54. The van der Waals surface area contributed by atoms with Crippen molar-refractivity contribution < 1.29 is 9.47 Å². The highest BCUT2D eigenvalue weighted by atomic mass is 32.1. The van der Waals surface area contributed by atoms with E-state index in [1.807, 2.05) is 18.2 Å². The van der Waals surface area contributed by atoms with E-state index in [9.17, 15) is 0 Å². The Kier molecular flexibility index (Phi) is 5.20. The number of ether oxygens (including phenoxy) is 2. The lowest BCUT2D eigenvalue weighted by molar-refractivity contribution is 0.174. The first-order valence-corrected chi connectivity index (χ1v) is 8.60. The Morgan fingerprint density at radius 2 is 1.88 bits per heavy atom. The molecule has 1 aliphatic rings. The molecule has 126 valence electrons. The zero-order chi connectivity index (χ0) is 16.9. The van der Waals surface area contributed by atoms with Crippen LogP contribution in [-0.4, -0.2) is 11.9 Å². The molecule has 5 heteroatoms. The molecule has 2 aromatic carbocycles. The molecule has 24 heavy (non-hydrogen) atoms. The van der Waals surface area contributed by atoms with Gasteiger partial charge in [0.25, 0.3) is 0 Å². The number of fused-ring (bicyclic) bond motifs is 1. The van der Waals surface area contributed by atoms with Crippen LogP contribution in [0.3, 0.4) is 0 Å². The minimum absolute atomic E-state index is 0.291. The van der Waals surface area contributed by atoms with Crippen LogP contribution in [-0.2, 0) is 6.54 Å². The Morgan fingerprint density at radius 3 is 2.62 bits per heavy atom. The molecular formula is C19H22N2O2S. The fraction of sp³-hybridized carbons (Fsp3) is 0.316. The van der Waals surface area contributed by atoms with Crippen molar-refractivity contribution >= 4 is 23.0 Å². The van der Waals surface area contributed by atoms with E-state index in [0.29, 0.717) is 24.4 Å². The van der Waals surface area contributed by atoms with Gasteiger partial charge in [-0.25, -0.2) is 0 Å². The maximum atomic E-state index is 5.38. The zero-order valence-corrected chi connectivity index (χ0v) is 14.8. The largest absolute Gasteiger partial charge is 0.454 e. The van der Waals surface area contributed by atoms with Crippen LogP contribution in [0.5, 0.6) is 11.5 Å². The maximum absolute atomic E-state index is 5.38. The van der Waals surface area contributed by atoms with Crippen LogP contribution in [0, 0.1) is 0 Å². The van der Waals surface area contributed by atoms with Gasteiger partial charge in [0, 0.05) is 12.2 Å². The summed E-state index contributed by atoms with van der Waals surface area (Å²) in [6.07, 6.45) is 1.14. The molecule has 0 amide bonds. The van der Waals surface area contributed by atoms with Gasteiger partial charge in [-0.2, -0.15) is 0 Å². The van der Waals surface area contributed by atoms with E-state index < -0.39 is 0 Å². The van der Waals surface area contributed by atoms with Crippen LogP contribution < -0.4 is 20.1 Å². The molecule has 2 N–H and O–H groups in total. The minimum Gasteiger partial charge on any atom is -0.454 e. The molecule has 1 heterocycles. The summed E-state index contributed by atoms with van der Waals surface area (Å²) >= 11 is 5.36. The van der Waals surface area contributed by atoms with Crippen LogP contribution >= 0.6 is 12.2 Å². The molecule has 0 spiro atoms. The van der Waals surface area contributed by atoms with Gasteiger partial charge in [0.05, 0.1) is 0 Å². The maximum Gasteiger partial charge on any atom is 0.231 e. The average Bonchev–Trinajstić information content (AvgIpc) is 3.07. The normalized spacial score (nSPS) is 13.4. The van der Waals surface area contributed by atoms with Crippen molar-refractivity contribution in [3.63, 3.8) is 0 Å². The molecular weight excluding hydrogens is 320 g/mol. The van der Waals surface area contributed by atoms with Crippen LogP contribution in [0.4, 0.5) is 5.69 Å². The van der Waals surface area contributed by atoms with Crippen LogP contribution in [0.2, 0.25) is 0 Å². The Balaban J connectivity index is 1.52. The quantitative estimate of drug-likeness (QED) is 0.788. The molecule has 0 saturated carbocycles. The van der Waals surface area contributed by atoms with Gasteiger partial charge >= 0.3 is 0 Å². The van der Waals surface area contributed by atoms with Gasteiger partial charge in [-0.1, -0.05) is 32.0 Å². The molecule has 1 unspecified atom stereocenters. The van der Waals surface area contributed by atoms with Crippen LogP contribution in [0.1, 0.15) is 37.3 Å². The van der Waals surface area contributed by atoms with E-state index in [0.717, 1.165) is 29.2 Å². The summed E-state index contributed by atoms with van der Waals surface area (Å²) in [6.45, 7) is 5.36. The lowest BCUT2D eigenvalue weighted by Crippen LogP contribution is -2.27. The summed E-state index contributed by atoms with van der Waals surface area (Å²) in [5.41, 5.74) is 3.43. The highest BCUT2D eigenvalue weighted by Crippen LogP contribution is 2.32. The molecule has 1 atom stereocenters. The van der Waals surface area contributed by atoms with Crippen molar-refractivity contribution in [1.82, 2.24) is 5.32 Å². The monoisotopic (exact) mass is 342 g/mol. The topological polar surface area (TPSA) is 42.5 Å². The first-order chi connectivity index (χ1) is 11.7. The summed E-state index contributed by atoms with van der Waals surface area (Å²) < 4.78 is 10.7. The molecule has 0 bridgehead atoms. The number of hydrogen-bond acceptors (Lipinski definition) is 3. The fourth-order valence-corrected chi connectivity index (χ4v) is 2.73. The number of hydrogen-bond donors (Lipinski definition) is 2. The van der Waals surface area contributed by atoms with E-state index in [-0.39, 0.29) is 0 Å². The minimum atomic E-state index is 0.291. The Morgan fingerprint density at radius 1 is 1.12 bits per heavy atom. The summed E-state index contributed by atoms with van der Waals surface area (Å²) in [4.78, 5) is 0. The predicted octanol–water partition coefficient (Wildman–Crippen LogP) is 4.42. The van der Waals surface area contributed by atoms with E-state index in [4.69, 9.17) is 21.7 Å². The Hall–Kier alpha value is -2.27. The number of rotatable bonds is 5. The molecule has 1 aliphatic heterocycles. The molecule has 0 aliphatic carbocycles. The van der Waals surface area contributed by atoms with Gasteiger partial charge in [-0.05, 0) is 59.9 Å². The van der Waals surface area contributed by atoms with Gasteiger partial charge in [-0.15, -0.1) is 0 Å². The second-order valence-electron chi connectivity index (χ2n) is 5.93. The van der Waals surface area contributed by atoms with Gasteiger partial charge in [0.1, 0.15) is 0 Å². The van der Waals surface area contributed by atoms with Crippen molar-refractivity contribution in [2.24, 2.45) is 0 Å². The molecule has 2 aromatic rings. The lowest BCUT2D eigenvalue weighted by atomic mass is 9.99. The smallest absolute Gasteiger partial charge is 0.231 e. The lowest BCUT2D eigenvalue weighted by Gasteiger charge is -2.13. The van der Waals surface area contributed by atoms with Crippen molar-refractivity contribution in [2.45, 2.75) is 32.7 Å². The number of nitrogens with one attached hydrogen (secondary N) is 2.